The molecule has 0 amide bonds. The lowest BCUT2D eigenvalue weighted by molar-refractivity contribution is 0.151. The first-order valence-electron chi connectivity index (χ1n) is 7.17. The number of methoxy groups -OCH3 is 1. The number of aromatic nitrogens is 1. The molecule has 2 heterocycles. The van der Waals surface area contributed by atoms with E-state index in [1.807, 2.05) is 24.3 Å². The SMILES string of the molecule is COCC1CCN(Cc2ncc(-c3ccccc3Cl)o2)C1. The molecule has 1 aliphatic rings. The second kappa shape index (κ2) is 6.60. The van der Waals surface area contributed by atoms with E-state index in [-0.39, 0.29) is 0 Å². The molecule has 1 saturated heterocycles. The van der Waals surface area contributed by atoms with Gasteiger partial charge in [-0.3, -0.25) is 4.90 Å². The van der Waals surface area contributed by atoms with Gasteiger partial charge in [0.2, 0.25) is 5.89 Å². The lowest BCUT2D eigenvalue weighted by Gasteiger charge is -2.13. The quantitative estimate of drug-likeness (QED) is 0.848. The van der Waals surface area contributed by atoms with Crippen LogP contribution in [0.2, 0.25) is 5.02 Å². The van der Waals surface area contributed by atoms with Gasteiger partial charge in [0.15, 0.2) is 5.76 Å². The van der Waals surface area contributed by atoms with Crippen molar-refractivity contribution in [3.8, 4) is 11.3 Å². The third kappa shape index (κ3) is 3.46. The molecular weight excluding hydrogens is 288 g/mol. The normalized spacial score (nSPS) is 19.2. The highest BCUT2D eigenvalue weighted by molar-refractivity contribution is 6.33. The monoisotopic (exact) mass is 306 g/mol. The molecule has 1 atom stereocenters. The Morgan fingerprint density at radius 2 is 2.29 bits per heavy atom. The molecular formula is C16H19ClN2O2. The number of hydrogen-bond donors (Lipinski definition) is 0. The summed E-state index contributed by atoms with van der Waals surface area (Å²) in [7, 11) is 1.76. The highest BCUT2D eigenvalue weighted by atomic mass is 35.5. The largest absolute Gasteiger partial charge is 0.439 e. The van der Waals surface area contributed by atoms with E-state index in [2.05, 4.69) is 9.88 Å². The highest BCUT2D eigenvalue weighted by Gasteiger charge is 2.23. The van der Waals surface area contributed by atoms with Crippen LogP contribution in [0.5, 0.6) is 0 Å². The Morgan fingerprint density at radius 3 is 3.10 bits per heavy atom. The van der Waals surface area contributed by atoms with Crippen LogP contribution in [-0.4, -0.2) is 36.7 Å². The molecule has 0 bridgehead atoms. The van der Waals surface area contributed by atoms with Crippen LogP contribution < -0.4 is 0 Å². The maximum Gasteiger partial charge on any atom is 0.209 e. The molecule has 1 aromatic carbocycles. The minimum atomic E-state index is 0.619. The average Bonchev–Trinajstić information content (AvgIpc) is 3.10. The Balaban J connectivity index is 1.65. The number of likely N-dealkylation sites (tertiary alicyclic amines) is 1. The number of ether oxygens (including phenoxy) is 1. The zero-order valence-electron chi connectivity index (χ0n) is 12.1. The number of benzene rings is 1. The van der Waals surface area contributed by atoms with E-state index >= 15 is 0 Å². The third-order valence-corrected chi connectivity index (χ3v) is 4.15. The molecule has 0 aliphatic carbocycles. The van der Waals surface area contributed by atoms with Crippen LogP contribution in [0.1, 0.15) is 12.3 Å². The van der Waals surface area contributed by atoms with Crippen molar-refractivity contribution >= 4 is 11.6 Å². The van der Waals surface area contributed by atoms with E-state index in [9.17, 15) is 0 Å². The molecule has 1 fully saturated rings. The summed E-state index contributed by atoms with van der Waals surface area (Å²) in [6, 6.07) is 7.65. The van der Waals surface area contributed by atoms with Gasteiger partial charge in [0.05, 0.1) is 24.4 Å². The average molecular weight is 307 g/mol. The molecule has 0 radical (unpaired) electrons. The first-order valence-corrected chi connectivity index (χ1v) is 7.55. The molecule has 21 heavy (non-hydrogen) atoms. The molecule has 0 spiro atoms. The van der Waals surface area contributed by atoms with Crippen LogP contribution >= 0.6 is 11.6 Å². The Morgan fingerprint density at radius 1 is 1.43 bits per heavy atom. The maximum absolute atomic E-state index is 6.18. The number of hydrogen-bond acceptors (Lipinski definition) is 4. The van der Waals surface area contributed by atoms with Gasteiger partial charge in [-0.05, 0) is 31.0 Å². The molecule has 0 saturated carbocycles. The summed E-state index contributed by atoms with van der Waals surface area (Å²) in [6.45, 7) is 3.67. The fraction of sp³-hybridized carbons (Fsp3) is 0.438. The predicted octanol–water partition coefficient (Wildman–Crippen LogP) is 3.46. The topological polar surface area (TPSA) is 38.5 Å². The van der Waals surface area contributed by atoms with Gasteiger partial charge in [0.1, 0.15) is 0 Å². The van der Waals surface area contributed by atoms with Crippen molar-refractivity contribution in [1.29, 1.82) is 0 Å². The van der Waals surface area contributed by atoms with Gasteiger partial charge in [0, 0.05) is 19.2 Å². The summed E-state index contributed by atoms with van der Waals surface area (Å²) >= 11 is 6.18. The van der Waals surface area contributed by atoms with Gasteiger partial charge >= 0.3 is 0 Å². The van der Waals surface area contributed by atoms with Crippen molar-refractivity contribution in [2.24, 2.45) is 5.92 Å². The number of rotatable bonds is 5. The first-order chi connectivity index (χ1) is 10.3. The third-order valence-electron chi connectivity index (χ3n) is 3.82. The maximum atomic E-state index is 6.18. The summed E-state index contributed by atoms with van der Waals surface area (Å²) in [5.41, 5.74) is 0.886. The van der Waals surface area contributed by atoms with E-state index in [1.54, 1.807) is 13.3 Å². The Bertz CT molecular complexity index is 599. The van der Waals surface area contributed by atoms with E-state index in [4.69, 9.17) is 20.8 Å². The molecule has 5 heteroatoms. The predicted molar refractivity (Wildman–Crippen MR) is 82.2 cm³/mol. The fourth-order valence-corrected chi connectivity index (χ4v) is 3.02. The first kappa shape index (κ1) is 14.6. The number of oxazole rings is 1. The van der Waals surface area contributed by atoms with Crippen LogP contribution in [0.25, 0.3) is 11.3 Å². The molecule has 2 aromatic rings. The Hall–Kier alpha value is -1.36. The van der Waals surface area contributed by atoms with Crippen LogP contribution in [0, 0.1) is 5.92 Å². The lowest BCUT2D eigenvalue weighted by Crippen LogP contribution is -2.21. The summed E-state index contributed by atoms with van der Waals surface area (Å²) in [6.07, 6.45) is 2.92. The van der Waals surface area contributed by atoms with E-state index < -0.39 is 0 Å². The van der Waals surface area contributed by atoms with Gasteiger partial charge < -0.3 is 9.15 Å². The minimum absolute atomic E-state index is 0.619. The molecule has 1 unspecified atom stereocenters. The van der Waals surface area contributed by atoms with Crippen LogP contribution in [0.4, 0.5) is 0 Å². The lowest BCUT2D eigenvalue weighted by atomic mass is 10.1. The van der Waals surface area contributed by atoms with E-state index in [0.29, 0.717) is 10.9 Å². The molecule has 1 aliphatic heterocycles. The molecule has 0 N–H and O–H groups in total. The van der Waals surface area contributed by atoms with Crippen LogP contribution in [0.15, 0.2) is 34.9 Å². The zero-order valence-corrected chi connectivity index (χ0v) is 12.8. The number of nitrogens with zero attached hydrogens (tertiary/aromatic N) is 2. The van der Waals surface area contributed by atoms with Gasteiger partial charge in [-0.25, -0.2) is 4.98 Å². The van der Waals surface area contributed by atoms with Gasteiger partial charge in [0.25, 0.3) is 0 Å². The van der Waals surface area contributed by atoms with Gasteiger partial charge in [-0.1, -0.05) is 23.7 Å². The van der Waals surface area contributed by atoms with E-state index in [1.165, 1.54) is 6.42 Å². The molecule has 4 nitrogen and oxygen atoms in total. The summed E-state index contributed by atoms with van der Waals surface area (Å²) in [4.78, 5) is 6.72. The van der Waals surface area contributed by atoms with Crippen LogP contribution in [-0.2, 0) is 11.3 Å². The Kier molecular flexibility index (Phi) is 4.58. The standard InChI is InChI=1S/C16H19ClN2O2/c1-20-11-12-6-7-19(9-12)10-16-18-8-15(21-16)13-4-2-3-5-14(13)17/h2-5,8,12H,6-7,9-11H2,1H3. The van der Waals surface area contributed by atoms with Crippen molar-refractivity contribution in [3.05, 3.63) is 41.4 Å². The van der Waals surface area contributed by atoms with Crippen molar-refractivity contribution < 1.29 is 9.15 Å². The number of halogens is 1. The second-order valence-corrected chi connectivity index (χ2v) is 5.85. The van der Waals surface area contributed by atoms with Gasteiger partial charge in [-0.2, -0.15) is 0 Å². The van der Waals surface area contributed by atoms with E-state index in [0.717, 1.165) is 43.5 Å². The second-order valence-electron chi connectivity index (χ2n) is 5.44. The van der Waals surface area contributed by atoms with Crippen molar-refractivity contribution in [2.45, 2.75) is 13.0 Å². The summed E-state index contributed by atoms with van der Waals surface area (Å²) in [5, 5.41) is 0.682. The fourth-order valence-electron chi connectivity index (χ4n) is 2.79. The van der Waals surface area contributed by atoms with Crippen molar-refractivity contribution in [3.63, 3.8) is 0 Å². The van der Waals surface area contributed by atoms with Crippen molar-refractivity contribution in [2.75, 3.05) is 26.8 Å². The smallest absolute Gasteiger partial charge is 0.209 e. The molecule has 3 rings (SSSR count). The van der Waals surface area contributed by atoms with Crippen LogP contribution in [0.3, 0.4) is 0 Å². The Labute approximate surface area is 129 Å². The van der Waals surface area contributed by atoms with Gasteiger partial charge in [-0.15, -0.1) is 0 Å². The molecule has 1 aromatic heterocycles. The van der Waals surface area contributed by atoms with Crippen molar-refractivity contribution in [1.82, 2.24) is 9.88 Å². The molecule has 112 valence electrons. The highest BCUT2D eigenvalue weighted by Crippen LogP contribution is 2.28. The zero-order chi connectivity index (χ0) is 14.7. The summed E-state index contributed by atoms with van der Waals surface area (Å²) in [5.74, 6) is 2.08. The minimum Gasteiger partial charge on any atom is -0.439 e. The summed E-state index contributed by atoms with van der Waals surface area (Å²) < 4.78 is 11.1.